The van der Waals surface area contributed by atoms with E-state index in [1.54, 1.807) is 24.3 Å². The summed E-state index contributed by atoms with van der Waals surface area (Å²) in [6.07, 6.45) is 0. The van der Waals surface area contributed by atoms with Gasteiger partial charge < -0.3 is 5.32 Å². The van der Waals surface area contributed by atoms with E-state index in [2.05, 4.69) is 16.2 Å². The molecule has 0 spiro atoms. The first-order valence-electron chi connectivity index (χ1n) is 7.23. The second kappa shape index (κ2) is 6.40. The van der Waals surface area contributed by atoms with Crippen LogP contribution in [0.3, 0.4) is 0 Å². The molecule has 0 unspecified atom stereocenters. The predicted molar refractivity (Wildman–Crippen MR) is 87.9 cm³/mol. The highest BCUT2D eigenvalue weighted by Crippen LogP contribution is 2.22. The molecule has 1 aliphatic rings. The molecule has 23 heavy (non-hydrogen) atoms. The number of hydrazine groups is 1. The first-order chi connectivity index (χ1) is 11.0. The minimum atomic E-state index is -0.690. The van der Waals surface area contributed by atoms with Gasteiger partial charge in [0.1, 0.15) is 6.04 Å². The Balaban J connectivity index is 1.78. The summed E-state index contributed by atoms with van der Waals surface area (Å²) < 4.78 is 0. The lowest BCUT2D eigenvalue weighted by molar-refractivity contribution is -0.121. The van der Waals surface area contributed by atoms with Crippen molar-refractivity contribution in [3.63, 3.8) is 0 Å². The monoisotopic (exact) mass is 329 g/mol. The molecule has 5 nitrogen and oxygen atoms in total. The summed E-state index contributed by atoms with van der Waals surface area (Å²) in [5.41, 5.74) is 7.91. The lowest BCUT2D eigenvalue weighted by Crippen LogP contribution is -2.42. The molecule has 0 saturated carbocycles. The number of benzene rings is 2. The molecule has 6 heteroatoms. The van der Waals surface area contributed by atoms with Crippen LogP contribution in [0.1, 0.15) is 27.5 Å². The van der Waals surface area contributed by atoms with Crippen molar-refractivity contribution in [1.82, 2.24) is 16.2 Å². The lowest BCUT2D eigenvalue weighted by Gasteiger charge is -2.18. The number of nitrogens with one attached hydrogen (secondary N) is 3. The van der Waals surface area contributed by atoms with Crippen molar-refractivity contribution in [3.8, 4) is 0 Å². The number of aryl methyl sites for hydroxylation is 1. The fourth-order valence-corrected chi connectivity index (χ4v) is 2.61. The van der Waals surface area contributed by atoms with Crippen LogP contribution in [0.5, 0.6) is 0 Å². The van der Waals surface area contributed by atoms with E-state index in [-0.39, 0.29) is 17.9 Å². The fourth-order valence-electron chi connectivity index (χ4n) is 2.49. The van der Waals surface area contributed by atoms with Crippen LogP contribution in [0, 0.1) is 6.92 Å². The van der Waals surface area contributed by atoms with E-state index < -0.39 is 6.04 Å². The molecule has 2 aromatic rings. The summed E-state index contributed by atoms with van der Waals surface area (Å²) in [6.45, 7) is 1.95. The van der Waals surface area contributed by atoms with Gasteiger partial charge in [0.25, 0.3) is 11.8 Å². The van der Waals surface area contributed by atoms with Crippen LogP contribution in [0.4, 0.5) is 0 Å². The maximum atomic E-state index is 12.3. The van der Waals surface area contributed by atoms with Gasteiger partial charge in [-0.2, -0.15) is 0 Å². The Labute approximate surface area is 139 Å². The van der Waals surface area contributed by atoms with Gasteiger partial charge in [-0.3, -0.25) is 15.0 Å². The number of carbonyl (C=O) groups excluding carboxylic acids is 2. The SMILES string of the molecule is Cc1ccc(C(=O)N[C@@H]2C(=O)NN[C@@H]2c2ccc(Cl)cc2)cc1. The highest BCUT2D eigenvalue weighted by molar-refractivity contribution is 6.30. The fraction of sp³-hybridized carbons (Fsp3) is 0.176. The van der Waals surface area contributed by atoms with Gasteiger partial charge in [0.2, 0.25) is 0 Å². The number of amides is 2. The normalized spacial score (nSPS) is 20.2. The molecule has 118 valence electrons. The van der Waals surface area contributed by atoms with Crippen molar-refractivity contribution in [2.75, 3.05) is 0 Å². The van der Waals surface area contributed by atoms with Crippen LogP contribution in [-0.4, -0.2) is 17.9 Å². The van der Waals surface area contributed by atoms with Crippen LogP contribution in [0.25, 0.3) is 0 Å². The highest BCUT2D eigenvalue weighted by Gasteiger charge is 2.36. The van der Waals surface area contributed by atoms with Gasteiger partial charge in [0, 0.05) is 10.6 Å². The molecule has 0 aliphatic carbocycles. The second-order valence-corrected chi connectivity index (χ2v) is 5.92. The largest absolute Gasteiger partial charge is 0.338 e. The molecule has 0 aromatic heterocycles. The van der Waals surface area contributed by atoms with Crippen molar-refractivity contribution in [1.29, 1.82) is 0 Å². The average molecular weight is 330 g/mol. The molecule has 2 amide bonds. The van der Waals surface area contributed by atoms with E-state index in [1.165, 1.54) is 0 Å². The first-order valence-corrected chi connectivity index (χ1v) is 7.61. The molecule has 2 aromatic carbocycles. The average Bonchev–Trinajstić information content (AvgIpc) is 2.90. The Hall–Kier alpha value is -2.37. The third-order valence-electron chi connectivity index (χ3n) is 3.80. The minimum Gasteiger partial charge on any atom is -0.338 e. The molecule has 3 rings (SSSR count). The molecule has 1 aliphatic heterocycles. The van der Waals surface area contributed by atoms with Gasteiger partial charge >= 0.3 is 0 Å². The second-order valence-electron chi connectivity index (χ2n) is 5.48. The van der Waals surface area contributed by atoms with Gasteiger partial charge in [-0.05, 0) is 36.8 Å². The number of rotatable bonds is 3. The molecule has 0 radical (unpaired) electrons. The third kappa shape index (κ3) is 3.36. The summed E-state index contributed by atoms with van der Waals surface area (Å²) >= 11 is 5.89. The van der Waals surface area contributed by atoms with Gasteiger partial charge in [-0.25, -0.2) is 5.43 Å². The van der Waals surface area contributed by atoms with Crippen molar-refractivity contribution in [2.45, 2.75) is 19.0 Å². The molecule has 0 bridgehead atoms. The topological polar surface area (TPSA) is 70.2 Å². The molecule has 3 N–H and O–H groups in total. The highest BCUT2D eigenvalue weighted by atomic mass is 35.5. The Morgan fingerprint density at radius 2 is 1.74 bits per heavy atom. The van der Waals surface area contributed by atoms with Crippen LogP contribution in [0.2, 0.25) is 5.02 Å². The van der Waals surface area contributed by atoms with Gasteiger partial charge in [0.15, 0.2) is 0 Å². The number of hydrogen-bond donors (Lipinski definition) is 3. The standard InChI is InChI=1S/C17H16ClN3O2/c1-10-2-4-12(5-3-10)16(22)19-15-14(20-21-17(15)23)11-6-8-13(18)9-7-11/h2-9,14-15,20H,1H3,(H,19,22)(H,21,23)/t14-,15+/m1/s1. The Bertz CT molecular complexity index is 729. The summed E-state index contributed by atoms with van der Waals surface area (Å²) in [6, 6.07) is 13.3. The molecular weight excluding hydrogens is 314 g/mol. The quantitative estimate of drug-likeness (QED) is 0.808. The zero-order valence-electron chi connectivity index (χ0n) is 12.5. The zero-order valence-corrected chi connectivity index (χ0v) is 13.2. The maximum Gasteiger partial charge on any atom is 0.258 e. The van der Waals surface area contributed by atoms with Crippen molar-refractivity contribution >= 4 is 23.4 Å². The van der Waals surface area contributed by atoms with E-state index in [1.807, 2.05) is 31.2 Å². The number of halogens is 1. The Morgan fingerprint density at radius 3 is 2.39 bits per heavy atom. The zero-order chi connectivity index (χ0) is 16.4. The summed E-state index contributed by atoms with van der Waals surface area (Å²) in [5.74, 6) is -0.557. The molecule has 1 heterocycles. The molecular formula is C17H16ClN3O2. The molecule has 1 fully saturated rings. The van der Waals surface area contributed by atoms with Crippen LogP contribution < -0.4 is 16.2 Å². The summed E-state index contributed by atoms with van der Waals surface area (Å²) in [7, 11) is 0. The van der Waals surface area contributed by atoms with E-state index in [4.69, 9.17) is 11.6 Å². The lowest BCUT2D eigenvalue weighted by atomic mass is 10.0. The van der Waals surface area contributed by atoms with E-state index in [9.17, 15) is 9.59 Å². The van der Waals surface area contributed by atoms with Crippen molar-refractivity contribution in [2.24, 2.45) is 0 Å². The smallest absolute Gasteiger partial charge is 0.258 e. The minimum absolute atomic E-state index is 0.273. The predicted octanol–water partition coefficient (Wildman–Crippen LogP) is 2.12. The van der Waals surface area contributed by atoms with Crippen LogP contribution in [0.15, 0.2) is 48.5 Å². The maximum absolute atomic E-state index is 12.3. The molecule has 2 atom stereocenters. The van der Waals surface area contributed by atoms with E-state index >= 15 is 0 Å². The van der Waals surface area contributed by atoms with Gasteiger partial charge in [0.05, 0.1) is 6.04 Å². The van der Waals surface area contributed by atoms with Crippen LogP contribution >= 0.6 is 11.6 Å². The van der Waals surface area contributed by atoms with Gasteiger partial charge in [-0.15, -0.1) is 0 Å². The number of hydrogen-bond acceptors (Lipinski definition) is 3. The van der Waals surface area contributed by atoms with E-state index in [0.717, 1.165) is 11.1 Å². The van der Waals surface area contributed by atoms with Crippen molar-refractivity contribution < 1.29 is 9.59 Å². The Morgan fingerprint density at radius 1 is 1.09 bits per heavy atom. The van der Waals surface area contributed by atoms with Crippen LogP contribution in [-0.2, 0) is 4.79 Å². The number of carbonyl (C=O) groups is 2. The van der Waals surface area contributed by atoms with E-state index in [0.29, 0.717) is 10.6 Å². The summed E-state index contributed by atoms with van der Waals surface area (Å²) in [5, 5.41) is 3.40. The van der Waals surface area contributed by atoms with Gasteiger partial charge in [-0.1, -0.05) is 41.4 Å². The summed E-state index contributed by atoms with van der Waals surface area (Å²) in [4.78, 5) is 24.4. The van der Waals surface area contributed by atoms with Crippen molar-refractivity contribution in [3.05, 3.63) is 70.2 Å². The molecule has 1 saturated heterocycles. The first kappa shape index (κ1) is 15.5. The third-order valence-corrected chi connectivity index (χ3v) is 4.05. The Kier molecular flexibility index (Phi) is 4.32.